The fourth-order valence-corrected chi connectivity index (χ4v) is 3.79. The molecule has 0 aliphatic heterocycles. The highest BCUT2D eigenvalue weighted by atomic mass is 32.2. The summed E-state index contributed by atoms with van der Waals surface area (Å²) in [4.78, 5) is 34.0. The van der Waals surface area contributed by atoms with E-state index in [-0.39, 0.29) is 28.3 Å². The first-order valence-electron chi connectivity index (χ1n) is 9.25. The minimum absolute atomic E-state index is 0.0967. The topological polar surface area (TPSA) is 148 Å². The van der Waals surface area contributed by atoms with E-state index in [0.717, 1.165) is 11.6 Å². The number of hydrogen-bond donors (Lipinski definition) is 3. The lowest BCUT2D eigenvalue weighted by Gasteiger charge is -2.10. The summed E-state index contributed by atoms with van der Waals surface area (Å²) in [5.41, 5.74) is 5.38. The van der Waals surface area contributed by atoms with Gasteiger partial charge in [-0.2, -0.15) is 0 Å². The monoisotopic (exact) mass is 454 g/mol. The van der Waals surface area contributed by atoms with Crippen molar-refractivity contribution in [1.82, 2.24) is 10.9 Å². The van der Waals surface area contributed by atoms with Gasteiger partial charge in [0.05, 0.1) is 16.2 Å². The smallest absolute Gasteiger partial charge is 0.270 e. The third-order valence-electron chi connectivity index (χ3n) is 4.26. The van der Waals surface area contributed by atoms with Gasteiger partial charge in [0.15, 0.2) is 0 Å². The Balaban J connectivity index is 1.59. The number of nitrogens with zero attached hydrogens (tertiary/aromatic N) is 1. The number of carbonyl (C=O) groups is 2. The van der Waals surface area contributed by atoms with E-state index in [1.54, 1.807) is 24.3 Å². The van der Waals surface area contributed by atoms with Gasteiger partial charge in [-0.05, 0) is 35.9 Å². The van der Waals surface area contributed by atoms with Crippen LogP contribution in [0.15, 0.2) is 83.8 Å². The van der Waals surface area contributed by atoms with Gasteiger partial charge in [0.2, 0.25) is 5.91 Å². The lowest BCUT2D eigenvalue weighted by atomic mass is 10.1. The largest absolute Gasteiger partial charge is 0.280 e. The molecule has 0 radical (unpaired) electrons. The summed E-state index contributed by atoms with van der Waals surface area (Å²) < 4.78 is 27.2. The van der Waals surface area contributed by atoms with Gasteiger partial charge < -0.3 is 0 Å². The standard InChI is InChI=1S/C21H18N4O6S/c26-20(13-15-5-2-1-3-6-15)22-23-21(27)16-9-11-17(12-10-16)24-32(30,31)19-8-4-7-18(14-19)25(28)29/h1-12,14,24H,13H2,(H,22,26)(H,23,27). The average molecular weight is 454 g/mol. The molecule has 0 aliphatic carbocycles. The summed E-state index contributed by atoms with van der Waals surface area (Å²) in [6.07, 6.45) is 0.0967. The number of carbonyl (C=O) groups excluding carboxylic acids is 2. The number of nitro groups is 1. The fourth-order valence-electron chi connectivity index (χ4n) is 2.69. The molecular weight excluding hydrogens is 436 g/mol. The molecule has 164 valence electrons. The van der Waals surface area contributed by atoms with Gasteiger partial charge in [0, 0.05) is 23.4 Å². The molecule has 0 aliphatic rings. The van der Waals surface area contributed by atoms with Crippen LogP contribution in [0.1, 0.15) is 15.9 Å². The van der Waals surface area contributed by atoms with Gasteiger partial charge in [0.1, 0.15) is 0 Å². The maximum Gasteiger partial charge on any atom is 0.270 e. The minimum Gasteiger partial charge on any atom is -0.280 e. The molecule has 0 fully saturated rings. The second kappa shape index (κ2) is 9.71. The number of hydrazine groups is 1. The van der Waals surface area contributed by atoms with Crippen molar-refractivity contribution in [2.24, 2.45) is 0 Å². The Morgan fingerprint density at radius 1 is 0.875 bits per heavy atom. The van der Waals surface area contributed by atoms with Crippen LogP contribution in [0.5, 0.6) is 0 Å². The van der Waals surface area contributed by atoms with E-state index >= 15 is 0 Å². The van der Waals surface area contributed by atoms with Gasteiger partial charge in [-0.1, -0.05) is 36.4 Å². The van der Waals surface area contributed by atoms with Crippen LogP contribution in [-0.4, -0.2) is 25.2 Å². The molecule has 0 saturated carbocycles. The molecule has 11 heteroatoms. The minimum atomic E-state index is -4.07. The van der Waals surface area contributed by atoms with Gasteiger partial charge >= 0.3 is 0 Å². The number of anilines is 1. The second-order valence-corrected chi connectivity index (χ2v) is 8.28. The van der Waals surface area contributed by atoms with Crippen molar-refractivity contribution in [2.75, 3.05) is 4.72 Å². The number of nitrogens with one attached hydrogen (secondary N) is 3. The maximum absolute atomic E-state index is 12.5. The third-order valence-corrected chi connectivity index (χ3v) is 5.64. The lowest BCUT2D eigenvalue weighted by molar-refractivity contribution is -0.385. The molecule has 3 aromatic rings. The molecule has 0 unspecified atom stereocenters. The molecule has 0 saturated heterocycles. The van der Waals surface area contributed by atoms with Crippen molar-refractivity contribution in [3.8, 4) is 0 Å². The van der Waals surface area contributed by atoms with Crippen LogP contribution in [0.3, 0.4) is 0 Å². The Hall–Kier alpha value is -4.25. The van der Waals surface area contributed by atoms with Crippen LogP contribution < -0.4 is 15.6 Å². The Bertz CT molecular complexity index is 1240. The maximum atomic E-state index is 12.5. The quantitative estimate of drug-likeness (QED) is 0.369. The van der Waals surface area contributed by atoms with Crippen LogP contribution in [0.25, 0.3) is 0 Å². The third kappa shape index (κ3) is 5.89. The van der Waals surface area contributed by atoms with Crippen molar-refractivity contribution in [3.05, 3.63) is 100 Å². The predicted molar refractivity (Wildman–Crippen MR) is 116 cm³/mol. The number of nitro benzene ring substituents is 1. The zero-order chi connectivity index (χ0) is 23.1. The summed E-state index contributed by atoms with van der Waals surface area (Å²) >= 11 is 0. The summed E-state index contributed by atoms with van der Waals surface area (Å²) in [5.74, 6) is -0.981. The van der Waals surface area contributed by atoms with Crippen molar-refractivity contribution >= 4 is 33.2 Å². The molecule has 0 spiro atoms. The predicted octanol–water partition coefficient (Wildman–Crippen LogP) is 2.40. The average Bonchev–Trinajstić information content (AvgIpc) is 2.78. The molecule has 2 amide bonds. The summed E-state index contributed by atoms with van der Waals surface area (Å²) in [7, 11) is -4.07. The molecule has 0 atom stereocenters. The van der Waals surface area contributed by atoms with E-state index in [2.05, 4.69) is 15.6 Å². The SMILES string of the molecule is O=C(Cc1ccccc1)NNC(=O)c1ccc(NS(=O)(=O)c2cccc([N+](=O)[O-])c2)cc1. The molecule has 0 heterocycles. The molecule has 3 rings (SSSR count). The van der Waals surface area contributed by atoms with E-state index < -0.39 is 26.8 Å². The van der Waals surface area contributed by atoms with E-state index in [0.29, 0.717) is 0 Å². The Kier molecular flexibility index (Phi) is 6.80. The van der Waals surface area contributed by atoms with Gasteiger partial charge in [0.25, 0.3) is 21.6 Å². The number of benzene rings is 3. The van der Waals surface area contributed by atoms with E-state index in [9.17, 15) is 28.1 Å². The first-order chi connectivity index (χ1) is 15.2. The Labute approximate surface area is 183 Å². The van der Waals surface area contributed by atoms with Gasteiger partial charge in [-0.15, -0.1) is 0 Å². The van der Waals surface area contributed by atoms with Crippen molar-refractivity contribution < 1.29 is 22.9 Å². The lowest BCUT2D eigenvalue weighted by Crippen LogP contribution is -2.42. The summed E-state index contributed by atoms with van der Waals surface area (Å²) in [5, 5.41) is 10.9. The molecule has 32 heavy (non-hydrogen) atoms. The normalized spacial score (nSPS) is 10.8. The fraction of sp³-hybridized carbons (Fsp3) is 0.0476. The summed E-state index contributed by atoms with van der Waals surface area (Å²) in [6.45, 7) is 0. The first kappa shape index (κ1) is 22.4. The van der Waals surface area contributed by atoms with Crippen LogP contribution in [0.4, 0.5) is 11.4 Å². The van der Waals surface area contributed by atoms with Crippen LogP contribution in [0.2, 0.25) is 0 Å². The number of amides is 2. The van der Waals surface area contributed by atoms with Gasteiger partial charge in [-0.25, -0.2) is 8.42 Å². The zero-order valence-electron chi connectivity index (χ0n) is 16.5. The number of non-ortho nitro benzene ring substituents is 1. The van der Waals surface area contributed by atoms with Gasteiger partial charge in [-0.3, -0.25) is 35.3 Å². The summed E-state index contributed by atoms with van der Waals surface area (Å²) in [6, 6.07) is 19.1. The van der Waals surface area contributed by atoms with E-state index in [1.165, 1.54) is 42.5 Å². The van der Waals surface area contributed by atoms with Crippen LogP contribution in [-0.2, 0) is 21.2 Å². The molecular formula is C21H18N4O6S. The Morgan fingerprint density at radius 3 is 2.22 bits per heavy atom. The van der Waals surface area contributed by atoms with E-state index in [1.807, 2.05) is 6.07 Å². The molecule has 0 aromatic heterocycles. The molecule has 3 aromatic carbocycles. The molecule has 10 nitrogen and oxygen atoms in total. The zero-order valence-corrected chi connectivity index (χ0v) is 17.3. The van der Waals surface area contributed by atoms with Crippen molar-refractivity contribution in [1.29, 1.82) is 0 Å². The second-order valence-electron chi connectivity index (χ2n) is 6.60. The van der Waals surface area contributed by atoms with Crippen molar-refractivity contribution in [2.45, 2.75) is 11.3 Å². The van der Waals surface area contributed by atoms with E-state index in [4.69, 9.17) is 0 Å². The highest BCUT2D eigenvalue weighted by Crippen LogP contribution is 2.20. The highest BCUT2D eigenvalue weighted by molar-refractivity contribution is 7.92. The highest BCUT2D eigenvalue weighted by Gasteiger charge is 2.18. The van der Waals surface area contributed by atoms with Crippen LogP contribution in [0, 0.1) is 10.1 Å². The van der Waals surface area contributed by atoms with Crippen molar-refractivity contribution in [3.63, 3.8) is 0 Å². The molecule has 0 bridgehead atoms. The Morgan fingerprint density at radius 2 is 1.56 bits per heavy atom. The number of hydrogen-bond acceptors (Lipinski definition) is 6. The number of sulfonamides is 1. The number of rotatable bonds is 7. The first-order valence-corrected chi connectivity index (χ1v) is 10.7. The molecule has 3 N–H and O–H groups in total. The van der Waals surface area contributed by atoms with Crippen LogP contribution >= 0.6 is 0 Å².